The average molecular weight is 408 g/mol. The van der Waals surface area contributed by atoms with Gasteiger partial charge in [-0.25, -0.2) is 9.78 Å². The Morgan fingerprint density at radius 1 is 1.23 bits per heavy atom. The Morgan fingerprint density at radius 2 is 2.03 bits per heavy atom. The van der Waals surface area contributed by atoms with E-state index in [1.165, 1.54) is 9.30 Å². The second-order valence-electron chi connectivity index (χ2n) is 7.55. The summed E-state index contributed by atoms with van der Waals surface area (Å²) in [7, 11) is 0. The molecule has 2 fully saturated rings. The summed E-state index contributed by atoms with van der Waals surface area (Å²) in [5, 5.41) is 2.88. The summed E-state index contributed by atoms with van der Waals surface area (Å²) in [6.07, 6.45) is 2.42. The molecule has 2 aliphatic rings. The minimum atomic E-state index is -0.416. The lowest BCUT2D eigenvalue weighted by Crippen LogP contribution is -2.62. The number of pyridine rings is 1. The van der Waals surface area contributed by atoms with Gasteiger partial charge in [0.2, 0.25) is 5.91 Å². The largest absolute Gasteiger partial charge is 0.333 e. The maximum absolute atomic E-state index is 13.2. The van der Waals surface area contributed by atoms with Crippen molar-refractivity contribution in [3.63, 3.8) is 0 Å². The number of imide groups is 1. The van der Waals surface area contributed by atoms with E-state index in [4.69, 9.17) is 0 Å². The van der Waals surface area contributed by atoms with Gasteiger partial charge >= 0.3 is 6.03 Å². The first-order chi connectivity index (χ1) is 14.5. The van der Waals surface area contributed by atoms with E-state index in [9.17, 15) is 19.2 Å². The molecule has 10 nitrogen and oxygen atoms in total. The normalized spacial score (nSPS) is 17.1. The lowest BCUT2D eigenvalue weighted by Gasteiger charge is -2.42. The number of carbonyl (C=O) groups excluding carboxylic acids is 3. The average Bonchev–Trinajstić information content (AvgIpc) is 3.23. The van der Waals surface area contributed by atoms with Crippen LogP contribution in [0.1, 0.15) is 23.8 Å². The second kappa shape index (κ2) is 6.68. The molecule has 0 unspecified atom stereocenters. The number of nitrogens with one attached hydrogen (secondary N) is 1. The molecule has 1 N–H and O–H groups in total. The number of urea groups is 1. The van der Waals surface area contributed by atoms with E-state index >= 15 is 0 Å². The number of hydrogen-bond donors (Lipinski definition) is 1. The number of fused-ring (bicyclic) bond motifs is 2. The number of aryl methyl sites for hydroxylation is 1. The minimum absolute atomic E-state index is 0.00279. The summed E-state index contributed by atoms with van der Waals surface area (Å²) in [6.45, 7) is 3.09. The van der Waals surface area contributed by atoms with Crippen LogP contribution in [-0.2, 0) is 11.3 Å². The van der Waals surface area contributed by atoms with Gasteiger partial charge in [0.25, 0.3) is 11.5 Å². The van der Waals surface area contributed by atoms with Crippen molar-refractivity contribution in [1.82, 2.24) is 29.1 Å². The zero-order chi connectivity index (χ0) is 21.0. The van der Waals surface area contributed by atoms with E-state index in [-0.39, 0.29) is 43.0 Å². The van der Waals surface area contributed by atoms with E-state index in [1.807, 2.05) is 13.0 Å². The van der Waals surface area contributed by atoms with E-state index in [2.05, 4.69) is 10.3 Å². The van der Waals surface area contributed by atoms with Gasteiger partial charge in [-0.1, -0.05) is 13.0 Å². The van der Waals surface area contributed by atoms with Crippen LogP contribution in [0, 0.1) is 0 Å². The van der Waals surface area contributed by atoms with E-state index < -0.39 is 6.03 Å². The van der Waals surface area contributed by atoms with Crippen LogP contribution in [0.4, 0.5) is 4.79 Å². The fourth-order valence-corrected chi connectivity index (χ4v) is 4.13. The minimum Gasteiger partial charge on any atom is -0.333 e. The maximum Gasteiger partial charge on any atom is 0.324 e. The Hall–Kier alpha value is -3.69. The van der Waals surface area contributed by atoms with Crippen LogP contribution in [-0.4, -0.2) is 67.3 Å². The van der Waals surface area contributed by atoms with Gasteiger partial charge in [-0.2, -0.15) is 0 Å². The van der Waals surface area contributed by atoms with Crippen molar-refractivity contribution in [3.8, 4) is 0 Å². The van der Waals surface area contributed by atoms with Crippen LogP contribution < -0.4 is 10.9 Å². The topological polar surface area (TPSA) is 109 Å². The summed E-state index contributed by atoms with van der Waals surface area (Å²) in [5.41, 5.74) is 1.18. The van der Waals surface area contributed by atoms with Gasteiger partial charge in [-0.3, -0.25) is 23.7 Å². The molecule has 5 rings (SSSR count). The maximum atomic E-state index is 13.2. The molecule has 4 amide bonds. The lowest BCUT2D eigenvalue weighted by atomic mass is 10.1. The standard InChI is InChI=1S/C20H20N6O4/c1-2-6-24-14(8-13-17(24)22-15-5-3-4-7-25(15)18(13)28)19(29)23-10-12(11-23)26-16(27)9-21-20(26)30/h3-5,7-8,12H,2,6,9-11H2,1H3,(H,21,30). The van der Waals surface area contributed by atoms with Crippen LogP contribution in [0.25, 0.3) is 16.7 Å². The van der Waals surface area contributed by atoms with E-state index in [1.54, 1.807) is 33.9 Å². The Bertz CT molecular complexity index is 1250. The molecule has 0 saturated carbocycles. The predicted octanol–water partition coefficient (Wildman–Crippen LogP) is 0.435. The molecule has 2 saturated heterocycles. The van der Waals surface area contributed by atoms with Crippen LogP contribution in [0.5, 0.6) is 0 Å². The molecular formula is C20H20N6O4. The van der Waals surface area contributed by atoms with Crippen molar-refractivity contribution in [2.45, 2.75) is 25.9 Å². The SMILES string of the molecule is CCCn1c(C(=O)N2CC(N3C(=O)CNC3=O)C2)cc2c(=O)n3ccccc3nc21. The van der Waals surface area contributed by atoms with Gasteiger partial charge in [-0.05, 0) is 24.6 Å². The molecular weight excluding hydrogens is 388 g/mol. The summed E-state index contributed by atoms with van der Waals surface area (Å²) in [6, 6.07) is 6.18. The highest BCUT2D eigenvalue weighted by molar-refractivity contribution is 6.03. The molecule has 0 atom stereocenters. The molecule has 5 heterocycles. The van der Waals surface area contributed by atoms with E-state index in [0.717, 1.165) is 6.42 Å². The van der Waals surface area contributed by atoms with Gasteiger partial charge in [-0.15, -0.1) is 0 Å². The summed E-state index contributed by atoms with van der Waals surface area (Å²) < 4.78 is 3.25. The number of hydrogen-bond acceptors (Lipinski definition) is 5. The Kier molecular flexibility index (Phi) is 4.09. The van der Waals surface area contributed by atoms with Gasteiger partial charge in [0.1, 0.15) is 17.0 Å². The van der Waals surface area contributed by atoms with Crippen molar-refractivity contribution in [2.75, 3.05) is 19.6 Å². The fourth-order valence-electron chi connectivity index (χ4n) is 4.13. The number of likely N-dealkylation sites (tertiary alicyclic amines) is 1. The summed E-state index contributed by atoms with van der Waals surface area (Å²) in [5.74, 6) is -0.515. The van der Waals surface area contributed by atoms with Gasteiger partial charge in [0.05, 0.1) is 18.0 Å². The highest BCUT2D eigenvalue weighted by atomic mass is 16.2. The first-order valence-electron chi connectivity index (χ1n) is 9.89. The highest BCUT2D eigenvalue weighted by Gasteiger charge is 2.43. The first-order valence-corrected chi connectivity index (χ1v) is 9.89. The molecule has 0 spiro atoms. The number of aromatic nitrogens is 3. The molecule has 3 aromatic rings. The molecule has 0 aromatic carbocycles. The molecule has 154 valence electrons. The van der Waals surface area contributed by atoms with Gasteiger partial charge < -0.3 is 14.8 Å². The highest BCUT2D eigenvalue weighted by Crippen LogP contribution is 2.23. The van der Waals surface area contributed by atoms with Crippen LogP contribution in [0.3, 0.4) is 0 Å². The zero-order valence-corrected chi connectivity index (χ0v) is 16.4. The molecule has 30 heavy (non-hydrogen) atoms. The van der Waals surface area contributed by atoms with Crippen molar-refractivity contribution in [2.24, 2.45) is 0 Å². The van der Waals surface area contributed by atoms with E-state index in [0.29, 0.717) is 28.9 Å². The zero-order valence-electron chi connectivity index (χ0n) is 16.4. The van der Waals surface area contributed by atoms with Gasteiger partial charge in [0.15, 0.2) is 0 Å². The van der Waals surface area contributed by atoms with Gasteiger partial charge in [0, 0.05) is 25.8 Å². The summed E-state index contributed by atoms with van der Waals surface area (Å²) >= 11 is 0. The van der Waals surface area contributed by atoms with Crippen molar-refractivity contribution < 1.29 is 14.4 Å². The smallest absolute Gasteiger partial charge is 0.324 e. The van der Waals surface area contributed by atoms with Crippen molar-refractivity contribution >= 4 is 34.5 Å². The molecule has 3 aromatic heterocycles. The third-order valence-corrected chi connectivity index (χ3v) is 5.64. The quantitative estimate of drug-likeness (QED) is 0.630. The molecule has 10 heteroatoms. The first kappa shape index (κ1) is 18.3. The third kappa shape index (κ3) is 2.60. The monoisotopic (exact) mass is 408 g/mol. The predicted molar refractivity (Wildman–Crippen MR) is 107 cm³/mol. The number of rotatable bonds is 4. The Morgan fingerprint density at radius 3 is 2.73 bits per heavy atom. The van der Waals surface area contributed by atoms with Crippen molar-refractivity contribution in [3.05, 3.63) is 46.5 Å². The molecule has 0 aliphatic carbocycles. The fraction of sp³-hybridized carbons (Fsp3) is 0.350. The Balaban J connectivity index is 1.50. The van der Waals surface area contributed by atoms with Crippen LogP contribution in [0.2, 0.25) is 0 Å². The molecule has 0 bridgehead atoms. The molecule has 0 radical (unpaired) electrons. The second-order valence-corrected chi connectivity index (χ2v) is 7.55. The van der Waals surface area contributed by atoms with Crippen molar-refractivity contribution in [1.29, 1.82) is 0 Å². The van der Waals surface area contributed by atoms with Crippen LogP contribution in [0.15, 0.2) is 35.3 Å². The molecule has 2 aliphatic heterocycles. The lowest BCUT2D eigenvalue weighted by molar-refractivity contribution is -0.128. The summed E-state index contributed by atoms with van der Waals surface area (Å²) in [4.78, 5) is 57.2. The number of amides is 4. The number of nitrogens with zero attached hydrogens (tertiary/aromatic N) is 5. The number of carbonyl (C=O) groups is 3. The van der Waals surface area contributed by atoms with Crippen LogP contribution >= 0.6 is 0 Å². The Labute approximate surface area is 170 Å². The third-order valence-electron chi connectivity index (χ3n) is 5.64.